The number of fused-ring (bicyclic) bond motifs is 1. The highest BCUT2D eigenvalue weighted by molar-refractivity contribution is 6.31. The largest absolute Gasteiger partial charge is 0.436 e. The third kappa shape index (κ3) is 2.09. The van der Waals surface area contributed by atoms with E-state index in [4.69, 9.17) is 27.6 Å². The third-order valence-corrected chi connectivity index (χ3v) is 3.22. The molecule has 0 saturated heterocycles. The van der Waals surface area contributed by atoms with Crippen LogP contribution in [0.4, 0.5) is 0 Å². The number of hydrogen-bond acceptors (Lipinski definition) is 2. The van der Waals surface area contributed by atoms with Gasteiger partial charge in [-0.05, 0) is 35.9 Å². The second-order valence-corrected chi connectivity index (χ2v) is 4.67. The van der Waals surface area contributed by atoms with Crippen LogP contribution in [0, 0.1) is 0 Å². The van der Waals surface area contributed by atoms with Crippen molar-refractivity contribution in [3.05, 3.63) is 53.1 Å². The molecule has 2 nitrogen and oxygen atoms in total. The summed E-state index contributed by atoms with van der Waals surface area (Å²) in [7, 11) is 0. The van der Waals surface area contributed by atoms with Crippen LogP contribution in [0.5, 0.6) is 0 Å². The normalized spacial score (nSPS) is 11.0. The number of rotatable bonds is 2. The summed E-state index contributed by atoms with van der Waals surface area (Å²) in [4.78, 5) is 4.43. The van der Waals surface area contributed by atoms with Gasteiger partial charge in [0.2, 0.25) is 5.89 Å². The number of nitrogens with zero attached hydrogens (tertiary/aromatic N) is 1. The molecule has 4 heteroatoms. The molecule has 3 aromatic rings. The van der Waals surface area contributed by atoms with Crippen LogP contribution in [0.3, 0.4) is 0 Å². The van der Waals surface area contributed by atoms with Crippen molar-refractivity contribution in [2.75, 3.05) is 0 Å². The molecule has 0 atom stereocenters. The van der Waals surface area contributed by atoms with E-state index in [1.807, 2.05) is 30.3 Å². The van der Waals surface area contributed by atoms with Crippen LogP contribution in [0.1, 0.15) is 5.56 Å². The number of alkyl halides is 1. The highest BCUT2D eigenvalue weighted by Crippen LogP contribution is 2.26. The Labute approximate surface area is 114 Å². The quantitative estimate of drug-likeness (QED) is 0.624. The van der Waals surface area contributed by atoms with Crippen molar-refractivity contribution in [3.8, 4) is 11.5 Å². The Morgan fingerprint density at radius 1 is 1.11 bits per heavy atom. The molecule has 0 spiro atoms. The molecule has 0 radical (unpaired) electrons. The van der Waals surface area contributed by atoms with E-state index in [0.29, 0.717) is 16.8 Å². The molecule has 90 valence electrons. The Morgan fingerprint density at radius 3 is 2.83 bits per heavy atom. The molecule has 0 aliphatic rings. The average Bonchev–Trinajstić information content (AvgIpc) is 2.81. The van der Waals surface area contributed by atoms with E-state index >= 15 is 0 Å². The van der Waals surface area contributed by atoms with Gasteiger partial charge in [0.25, 0.3) is 0 Å². The van der Waals surface area contributed by atoms with E-state index in [0.717, 1.165) is 22.2 Å². The molecule has 0 N–H and O–H groups in total. The second-order valence-electron chi connectivity index (χ2n) is 3.97. The zero-order chi connectivity index (χ0) is 12.5. The van der Waals surface area contributed by atoms with E-state index in [1.165, 1.54) is 0 Å². The molecule has 0 saturated carbocycles. The van der Waals surface area contributed by atoms with Crippen LogP contribution in [0.2, 0.25) is 5.02 Å². The molecule has 0 fully saturated rings. The van der Waals surface area contributed by atoms with Gasteiger partial charge >= 0.3 is 0 Å². The highest BCUT2D eigenvalue weighted by atomic mass is 35.5. The van der Waals surface area contributed by atoms with Crippen molar-refractivity contribution in [2.24, 2.45) is 0 Å². The van der Waals surface area contributed by atoms with Crippen molar-refractivity contribution in [3.63, 3.8) is 0 Å². The van der Waals surface area contributed by atoms with Crippen LogP contribution >= 0.6 is 23.2 Å². The second kappa shape index (κ2) is 4.63. The molecule has 1 heterocycles. The van der Waals surface area contributed by atoms with Gasteiger partial charge in [-0.3, -0.25) is 0 Å². The molecule has 1 aromatic heterocycles. The van der Waals surface area contributed by atoms with E-state index in [2.05, 4.69) is 4.98 Å². The third-order valence-electron chi connectivity index (χ3n) is 2.68. The smallest absolute Gasteiger partial charge is 0.227 e. The monoisotopic (exact) mass is 277 g/mol. The predicted molar refractivity (Wildman–Crippen MR) is 74.0 cm³/mol. The van der Waals surface area contributed by atoms with Crippen LogP contribution in [-0.2, 0) is 5.88 Å². The summed E-state index contributed by atoms with van der Waals surface area (Å²) < 4.78 is 5.70. The lowest BCUT2D eigenvalue weighted by molar-refractivity contribution is 0.620. The Morgan fingerprint density at radius 2 is 2.00 bits per heavy atom. The number of aromatic nitrogens is 1. The van der Waals surface area contributed by atoms with Gasteiger partial charge in [-0.2, -0.15) is 0 Å². The summed E-state index contributed by atoms with van der Waals surface area (Å²) >= 11 is 11.7. The first-order valence-corrected chi connectivity index (χ1v) is 6.39. The van der Waals surface area contributed by atoms with Crippen molar-refractivity contribution in [1.29, 1.82) is 0 Å². The van der Waals surface area contributed by atoms with Crippen LogP contribution < -0.4 is 0 Å². The van der Waals surface area contributed by atoms with Crippen molar-refractivity contribution < 1.29 is 4.42 Å². The molecule has 0 bridgehead atoms. The number of halogens is 2. The SMILES string of the molecule is ClCc1cccc(-c2nc3cc(Cl)ccc3o2)c1. The van der Waals surface area contributed by atoms with Gasteiger partial charge in [-0.1, -0.05) is 23.7 Å². The maximum atomic E-state index is 5.92. The Bertz CT molecular complexity index is 706. The standard InChI is InChI=1S/C14H9Cl2NO/c15-8-9-2-1-3-10(6-9)14-17-12-7-11(16)4-5-13(12)18-14/h1-7H,8H2. The molecule has 0 aliphatic heterocycles. The van der Waals surface area contributed by atoms with Gasteiger partial charge in [0.1, 0.15) is 5.52 Å². The minimum atomic E-state index is 0.472. The fourth-order valence-electron chi connectivity index (χ4n) is 1.81. The first-order chi connectivity index (χ1) is 8.76. The predicted octanol–water partition coefficient (Wildman–Crippen LogP) is 4.89. The summed E-state index contributed by atoms with van der Waals surface area (Å²) in [6.07, 6.45) is 0. The summed E-state index contributed by atoms with van der Waals surface area (Å²) in [5.74, 6) is 1.05. The van der Waals surface area contributed by atoms with Gasteiger partial charge in [0, 0.05) is 16.5 Å². The van der Waals surface area contributed by atoms with Crippen molar-refractivity contribution in [2.45, 2.75) is 5.88 Å². The summed E-state index contributed by atoms with van der Waals surface area (Å²) in [6.45, 7) is 0. The van der Waals surface area contributed by atoms with Gasteiger partial charge in [-0.15, -0.1) is 11.6 Å². The molecular weight excluding hydrogens is 269 g/mol. The Kier molecular flexibility index (Phi) is 2.98. The van der Waals surface area contributed by atoms with Crippen LogP contribution in [0.25, 0.3) is 22.6 Å². The van der Waals surface area contributed by atoms with Crippen molar-refractivity contribution in [1.82, 2.24) is 4.98 Å². The molecule has 0 amide bonds. The van der Waals surface area contributed by atoms with Crippen LogP contribution in [0.15, 0.2) is 46.9 Å². The number of oxazole rings is 1. The maximum absolute atomic E-state index is 5.92. The molecule has 3 rings (SSSR count). The summed E-state index contributed by atoms with van der Waals surface area (Å²) in [5.41, 5.74) is 3.44. The van der Waals surface area contributed by atoms with Gasteiger partial charge in [0.15, 0.2) is 5.58 Å². The fourth-order valence-corrected chi connectivity index (χ4v) is 2.14. The first-order valence-electron chi connectivity index (χ1n) is 5.47. The Balaban J connectivity index is 2.13. The molecule has 18 heavy (non-hydrogen) atoms. The van der Waals surface area contributed by atoms with E-state index < -0.39 is 0 Å². The minimum Gasteiger partial charge on any atom is -0.436 e. The zero-order valence-corrected chi connectivity index (χ0v) is 10.9. The lowest BCUT2D eigenvalue weighted by Crippen LogP contribution is -1.81. The molecular formula is C14H9Cl2NO. The van der Waals surface area contributed by atoms with Crippen molar-refractivity contribution >= 4 is 34.3 Å². The molecule has 2 aromatic carbocycles. The number of hydrogen-bond donors (Lipinski definition) is 0. The van der Waals surface area contributed by atoms with Gasteiger partial charge < -0.3 is 4.42 Å². The molecule has 0 unspecified atom stereocenters. The van der Waals surface area contributed by atoms with E-state index in [1.54, 1.807) is 12.1 Å². The fraction of sp³-hybridized carbons (Fsp3) is 0.0714. The van der Waals surface area contributed by atoms with E-state index in [-0.39, 0.29) is 0 Å². The topological polar surface area (TPSA) is 26.0 Å². The average molecular weight is 278 g/mol. The zero-order valence-electron chi connectivity index (χ0n) is 9.36. The summed E-state index contributed by atoms with van der Waals surface area (Å²) in [5, 5.41) is 0.650. The first kappa shape index (κ1) is 11.6. The van der Waals surface area contributed by atoms with Crippen LogP contribution in [-0.4, -0.2) is 4.98 Å². The van der Waals surface area contributed by atoms with Gasteiger partial charge in [-0.25, -0.2) is 4.98 Å². The lowest BCUT2D eigenvalue weighted by Gasteiger charge is -1.97. The summed E-state index contributed by atoms with van der Waals surface area (Å²) in [6, 6.07) is 13.2. The molecule has 0 aliphatic carbocycles. The number of benzene rings is 2. The minimum absolute atomic E-state index is 0.472. The highest BCUT2D eigenvalue weighted by Gasteiger charge is 2.08. The van der Waals surface area contributed by atoms with E-state index in [9.17, 15) is 0 Å². The Hall–Kier alpha value is -1.51. The van der Waals surface area contributed by atoms with Gasteiger partial charge in [0.05, 0.1) is 0 Å². The lowest BCUT2D eigenvalue weighted by atomic mass is 10.1. The maximum Gasteiger partial charge on any atom is 0.227 e.